The highest BCUT2D eigenvalue weighted by molar-refractivity contribution is 6.02. The van der Waals surface area contributed by atoms with Crippen LogP contribution < -0.4 is 4.74 Å². The largest absolute Gasteiger partial charge is 0.508 e. The van der Waals surface area contributed by atoms with Crippen LogP contribution in [0.4, 0.5) is 0 Å². The second-order valence-corrected chi connectivity index (χ2v) is 7.37. The van der Waals surface area contributed by atoms with E-state index in [9.17, 15) is 45.6 Å². The van der Waals surface area contributed by atoms with Gasteiger partial charge in [-0.15, -0.1) is 0 Å². The van der Waals surface area contributed by atoms with E-state index < -0.39 is 71.7 Å². The molecule has 5 atom stereocenters. The van der Waals surface area contributed by atoms with E-state index in [2.05, 4.69) is 0 Å². The molecule has 1 saturated heterocycles. The molecule has 11 heteroatoms. The van der Waals surface area contributed by atoms with Gasteiger partial charge in [-0.05, 0) is 24.1 Å². The second kappa shape index (κ2) is 9.59. The first-order valence-corrected chi connectivity index (χ1v) is 9.70. The molecule has 0 spiro atoms. The standard InChI is InChI=1S/C21H24O11/c22-8-14-16(27)18(29)19(30)21(31-14)32-20-13(26)7-12(25)15(17(20)28)11(24)6-3-9-1-4-10(23)5-2-9/h1-2,4-5,7,14,16,18-19,21-23,25-30H,3,6,8H2. The number of carbonyl (C=O) groups is 1. The van der Waals surface area contributed by atoms with Crippen molar-refractivity contribution in [3.63, 3.8) is 0 Å². The Bertz CT molecular complexity index is 957. The van der Waals surface area contributed by atoms with Crippen LogP contribution in [0.15, 0.2) is 30.3 Å². The molecule has 0 radical (unpaired) electrons. The highest BCUT2D eigenvalue weighted by Crippen LogP contribution is 2.45. The number of phenolic OH excluding ortho intramolecular Hbond substituents is 4. The molecule has 8 N–H and O–H groups in total. The number of phenols is 4. The van der Waals surface area contributed by atoms with E-state index in [4.69, 9.17) is 9.47 Å². The molecule has 0 amide bonds. The quantitative estimate of drug-likeness (QED) is 0.252. The van der Waals surface area contributed by atoms with Crippen molar-refractivity contribution >= 4 is 5.78 Å². The van der Waals surface area contributed by atoms with E-state index in [-0.39, 0.29) is 18.6 Å². The zero-order valence-electron chi connectivity index (χ0n) is 16.7. The number of ether oxygens (including phenoxy) is 2. The molecule has 174 valence electrons. The van der Waals surface area contributed by atoms with Crippen molar-refractivity contribution in [3.8, 4) is 28.7 Å². The number of rotatable bonds is 7. The van der Waals surface area contributed by atoms with Crippen LogP contribution in [0.5, 0.6) is 28.7 Å². The van der Waals surface area contributed by atoms with Gasteiger partial charge in [-0.3, -0.25) is 4.79 Å². The lowest BCUT2D eigenvalue weighted by Gasteiger charge is -2.39. The van der Waals surface area contributed by atoms with Crippen LogP contribution in [-0.2, 0) is 11.2 Å². The van der Waals surface area contributed by atoms with Crippen molar-refractivity contribution in [1.29, 1.82) is 0 Å². The number of aromatic hydroxyl groups is 4. The van der Waals surface area contributed by atoms with Crippen LogP contribution in [0.1, 0.15) is 22.3 Å². The highest BCUT2D eigenvalue weighted by Gasteiger charge is 2.45. The molecular weight excluding hydrogens is 428 g/mol. The molecule has 2 aromatic carbocycles. The van der Waals surface area contributed by atoms with Gasteiger partial charge in [0.2, 0.25) is 12.0 Å². The lowest BCUT2D eigenvalue weighted by molar-refractivity contribution is -0.277. The van der Waals surface area contributed by atoms with Gasteiger partial charge in [0, 0.05) is 12.5 Å². The molecule has 11 nitrogen and oxygen atoms in total. The molecule has 3 rings (SSSR count). The summed E-state index contributed by atoms with van der Waals surface area (Å²) >= 11 is 0. The van der Waals surface area contributed by atoms with Gasteiger partial charge in [0.15, 0.2) is 17.3 Å². The van der Waals surface area contributed by atoms with Crippen LogP contribution in [0.25, 0.3) is 0 Å². The van der Waals surface area contributed by atoms with E-state index in [0.29, 0.717) is 5.56 Å². The molecule has 1 fully saturated rings. The first-order valence-electron chi connectivity index (χ1n) is 9.70. The first-order chi connectivity index (χ1) is 15.1. The molecule has 0 aromatic heterocycles. The SMILES string of the molecule is O=C(CCc1ccc(O)cc1)c1c(O)cc(O)c(OC2OC(CO)C(O)C(O)C2O)c1O. The van der Waals surface area contributed by atoms with Gasteiger partial charge in [-0.2, -0.15) is 0 Å². The van der Waals surface area contributed by atoms with Crippen LogP contribution in [0.3, 0.4) is 0 Å². The molecular formula is C21H24O11. The Kier molecular flexibility index (Phi) is 7.06. The Balaban J connectivity index is 1.82. The minimum atomic E-state index is -1.82. The number of Topliss-reactive ketones (excluding diaryl/α,β-unsaturated/α-hetero) is 1. The summed E-state index contributed by atoms with van der Waals surface area (Å²) < 4.78 is 10.4. The van der Waals surface area contributed by atoms with E-state index >= 15 is 0 Å². The number of hydrogen-bond donors (Lipinski definition) is 8. The van der Waals surface area contributed by atoms with Gasteiger partial charge in [0.1, 0.15) is 41.5 Å². The minimum Gasteiger partial charge on any atom is -0.508 e. The Morgan fingerprint density at radius 2 is 1.59 bits per heavy atom. The Morgan fingerprint density at radius 1 is 0.938 bits per heavy atom. The Hall–Kier alpha value is -3.09. The summed E-state index contributed by atoms with van der Waals surface area (Å²) in [7, 11) is 0. The number of aryl methyl sites for hydroxylation is 1. The highest BCUT2D eigenvalue weighted by atomic mass is 16.7. The van der Waals surface area contributed by atoms with E-state index in [1.165, 1.54) is 12.1 Å². The monoisotopic (exact) mass is 452 g/mol. The summed E-state index contributed by atoms with van der Waals surface area (Å²) in [5.74, 6) is -3.75. The fraction of sp³-hybridized carbons (Fsp3) is 0.381. The van der Waals surface area contributed by atoms with Gasteiger partial charge < -0.3 is 50.3 Å². The molecule has 32 heavy (non-hydrogen) atoms. The van der Waals surface area contributed by atoms with E-state index in [1.807, 2.05) is 0 Å². The maximum atomic E-state index is 12.6. The lowest BCUT2D eigenvalue weighted by Crippen LogP contribution is -2.60. The second-order valence-electron chi connectivity index (χ2n) is 7.37. The van der Waals surface area contributed by atoms with Crippen molar-refractivity contribution in [2.75, 3.05) is 6.61 Å². The summed E-state index contributed by atoms with van der Waals surface area (Å²) in [6, 6.07) is 6.86. The average molecular weight is 452 g/mol. The molecule has 0 saturated carbocycles. The third-order valence-corrected chi connectivity index (χ3v) is 5.15. The summed E-state index contributed by atoms with van der Waals surface area (Å²) in [5.41, 5.74) is 0.174. The number of ketones is 1. The maximum Gasteiger partial charge on any atom is 0.229 e. The van der Waals surface area contributed by atoms with Crippen LogP contribution in [0.2, 0.25) is 0 Å². The average Bonchev–Trinajstić information content (AvgIpc) is 2.75. The molecule has 2 aromatic rings. The van der Waals surface area contributed by atoms with Crippen LogP contribution in [0, 0.1) is 0 Å². The predicted octanol–water partition coefficient (Wildman–Crippen LogP) is -0.497. The maximum absolute atomic E-state index is 12.6. The van der Waals surface area contributed by atoms with Gasteiger partial charge in [0.05, 0.1) is 6.61 Å². The fourth-order valence-corrected chi connectivity index (χ4v) is 3.34. The molecule has 0 aliphatic carbocycles. The smallest absolute Gasteiger partial charge is 0.229 e. The summed E-state index contributed by atoms with van der Waals surface area (Å²) in [6.45, 7) is -0.723. The van der Waals surface area contributed by atoms with Gasteiger partial charge in [-0.25, -0.2) is 0 Å². The van der Waals surface area contributed by atoms with E-state index in [1.54, 1.807) is 12.1 Å². The third-order valence-electron chi connectivity index (χ3n) is 5.15. The summed E-state index contributed by atoms with van der Waals surface area (Å²) in [6.07, 6.45) is -8.18. The molecule has 1 aliphatic heterocycles. The molecule has 1 aliphatic rings. The molecule has 1 heterocycles. The Morgan fingerprint density at radius 3 is 2.22 bits per heavy atom. The number of benzene rings is 2. The number of carbonyl (C=O) groups excluding carboxylic acids is 1. The normalized spacial score (nSPS) is 25.4. The molecule has 5 unspecified atom stereocenters. The summed E-state index contributed by atoms with van der Waals surface area (Å²) in [4.78, 5) is 12.6. The summed E-state index contributed by atoms with van der Waals surface area (Å²) in [5, 5.41) is 79.1. The van der Waals surface area contributed by atoms with Gasteiger partial charge >= 0.3 is 0 Å². The van der Waals surface area contributed by atoms with Crippen molar-refractivity contribution in [2.45, 2.75) is 43.5 Å². The zero-order valence-corrected chi connectivity index (χ0v) is 16.7. The van der Waals surface area contributed by atoms with Crippen molar-refractivity contribution in [3.05, 3.63) is 41.5 Å². The predicted molar refractivity (Wildman–Crippen MR) is 107 cm³/mol. The number of aliphatic hydroxyl groups excluding tert-OH is 4. The molecule has 0 bridgehead atoms. The fourth-order valence-electron chi connectivity index (χ4n) is 3.34. The van der Waals surface area contributed by atoms with Crippen LogP contribution >= 0.6 is 0 Å². The van der Waals surface area contributed by atoms with Gasteiger partial charge in [-0.1, -0.05) is 12.1 Å². The Labute approximate surface area is 182 Å². The van der Waals surface area contributed by atoms with Crippen molar-refractivity contribution in [1.82, 2.24) is 0 Å². The number of hydrogen-bond acceptors (Lipinski definition) is 11. The first kappa shape index (κ1) is 23.6. The van der Waals surface area contributed by atoms with Crippen LogP contribution in [-0.4, -0.2) is 83.9 Å². The van der Waals surface area contributed by atoms with Crippen molar-refractivity contribution in [2.24, 2.45) is 0 Å². The number of aliphatic hydroxyl groups is 4. The topological polar surface area (TPSA) is 197 Å². The minimum absolute atomic E-state index is 0.0592. The van der Waals surface area contributed by atoms with Gasteiger partial charge in [0.25, 0.3) is 0 Å². The lowest BCUT2D eigenvalue weighted by atomic mass is 9.99. The zero-order chi connectivity index (χ0) is 23.6. The third kappa shape index (κ3) is 4.71. The van der Waals surface area contributed by atoms with E-state index in [0.717, 1.165) is 6.07 Å². The van der Waals surface area contributed by atoms with Crippen molar-refractivity contribution < 1.29 is 55.1 Å².